The molecule has 1 fully saturated rings. The first kappa shape index (κ1) is 13.5. The Kier molecular flexibility index (Phi) is 3.75. The first-order valence-corrected chi connectivity index (χ1v) is 5.49. The van der Waals surface area contributed by atoms with Gasteiger partial charge in [0, 0.05) is 12.3 Å². The third-order valence-corrected chi connectivity index (χ3v) is 3.09. The molecule has 0 aromatic heterocycles. The van der Waals surface area contributed by atoms with Gasteiger partial charge in [-0.2, -0.15) is 0 Å². The van der Waals surface area contributed by atoms with Gasteiger partial charge in [-0.05, 0) is 18.3 Å². The largest absolute Gasteiger partial charge is 0.481 e. The lowest BCUT2D eigenvalue weighted by molar-refractivity contribution is -0.143. The number of hydrogen-bond donors (Lipinski definition) is 3. The topological polar surface area (TPSA) is 104 Å². The molecule has 3 N–H and O–H groups in total. The van der Waals surface area contributed by atoms with Crippen LogP contribution >= 0.6 is 0 Å². The Bertz CT molecular complexity index is 350. The number of carbonyl (C=O) groups excluding carboxylic acids is 1. The lowest BCUT2D eigenvalue weighted by atomic mass is 10.1. The number of carbonyl (C=O) groups is 3. The maximum absolute atomic E-state index is 11.7. The van der Waals surface area contributed by atoms with Crippen LogP contribution in [0, 0.1) is 11.3 Å². The number of aliphatic carboxylic acids is 2. The van der Waals surface area contributed by atoms with E-state index in [-0.39, 0.29) is 30.1 Å². The smallest absolute Gasteiger partial charge is 0.326 e. The highest BCUT2D eigenvalue weighted by Crippen LogP contribution is 2.51. The number of hydrogen-bond acceptors (Lipinski definition) is 3. The van der Waals surface area contributed by atoms with Crippen molar-refractivity contribution in [2.24, 2.45) is 11.3 Å². The van der Waals surface area contributed by atoms with Crippen LogP contribution in [-0.4, -0.2) is 34.1 Å². The summed E-state index contributed by atoms with van der Waals surface area (Å²) in [4.78, 5) is 32.9. The van der Waals surface area contributed by atoms with Gasteiger partial charge < -0.3 is 15.5 Å². The molecule has 6 heteroatoms. The van der Waals surface area contributed by atoms with Gasteiger partial charge >= 0.3 is 11.9 Å². The number of nitrogens with one attached hydrogen (secondary N) is 1. The standard InChI is InChI=1S/C11H17NO5/c1-11(2)5-6(11)9(15)12-7(10(16)17)3-4-8(13)14/h6-7H,3-5H2,1-2H3,(H,12,15)(H,13,14)(H,16,17)/t6?,7-/m0/s1. The highest BCUT2D eigenvalue weighted by atomic mass is 16.4. The number of amides is 1. The van der Waals surface area contributed by atoms with Crippen LogP contribution in [0.1, 0.15) is 33.1 Å². The predicted molar refractivity (Wildman–Crippen MR) is 58.3 cm³/mol. The van der Waals surface area contributed by atoms with Crippen molar-refractivity contribution in [1.82, 2.24) is 5.32 Å². The highest BCUT2D eigenvalue weighted by molar-refractivity contribution is 5.87. The first-order chi connectivity index (χ1) is 7.74. The van der Waals surface area contributed by atoms with Gasteiger partial charge in [-0.25, -0.2) is 4.79 Å². The quantitative estimate of drug-likeness (QED) is 0.629. The molecule has 0 aliphatic heterocycles. The minimum Gasteiger partial charge on any atom is -0.481 e. The fraction of sp³-hybridized carbons (Fsp3) is 0.727. The molecule has 2 atom stereocenters. The Morgan fingerprint density at radius 2 is 1.88 bits per heavy atom. The van der Waals surface area contributed by atoms with Crippen LogP contribution in [0.4, 0.5) is 0 Å². The molecule has 1 saturated carbocycles. The van der Waals surface area contributed by atoms with Crippen LogP contribution in [0.5, 0.6) is 0 Å². The van der Waals surface area contributed by atoms with Crippen molar-refractivity contribution in [2.45, 2.75) is 39.2 Å². The van der Waals surface area contributed by atoms with Crippen molar-refractivity contribution in [3.05, 3.63) is 0 Å². The monoisotopic (exact) mass is 243 g/mol. The number of carboxylic acid groups (broad SMARTS) is 2. The van der Waals surface area contributed by atoms with Crippen LogP contribution in [-0.2, 0) is 14.4 Å². The Labute approximate surface area is 99.0 Å². The molecular formula is C11H17NO5. The molecule has 0 spiro atoms. The van der Waals surface area contributed by atoms with Crippen LogP contribution < -0.4 is 5.32 Å². The molecule has 0 bridgehead atoms. The van der Waals surface area contributed by atoms with Gasteiger partial charge in [-0.15, -0.1) is 0 Å². The van der Waals surface area contributed by atoms with Gasteiger partial charge in [0.25, 0.3) is 0 Å². The summed E-state index contributed by atoms with van der Waals surface area (Å²) >= 11 is 0. The Hall–Kier alpha value is -1.59. The summed E-state index contributed by atoms with van der Waals surface area (Å²) in [7, 11) is 0. The van der Waals surface area contributed by atoms with Crippen molar-refractivity contribution in [3.8, 4) is 0 Å². The SMILES string of the molecule is CC1(C)CC1C(=O)N[C@@H](CCC(=O)O)C(=O)O. The average molecular weight is 243 g/mol. The lowest BCUT2D eigenvalue weighted by Crippen LogP contribution is -2.42. The van der Waals surface area contributed by atoms with E-state index in [0.717, 1.165) is 6.42 Å². The summed E-state index contributed by atoms with van der Waals surface area (Å²) in [5.41, 5.74) is -0.0695. The van der Waals surface area contributed by atoms with Crippen LogP contribution in [0.15, 0.2) is 0 Å². The van der Waals surface area contributed by atoms with E-state index in [0.29, 0.717) is 0 Å². The lowest BCUT2D eigenvalue weighted by Gasteiger charge is -2.14. The van der Waals surface area contributed by atoms with Crippen LogP contribution in [0.3, 0.4) is 0 Å². The minimum atomic E-state index is -1.20. The van der Waals surface area contributed by atoms with Crippen LogP contribution in [0.2, 0.25) is 0 Å². The molecule has 0 heterocycles. The van der Waals surface area contributed by atoms with E-state index in [1.54, 1.807) is 0 Å². The summed E-state index contributed by atoms with van der Waals surface area (Å²) in [6, 6.07) is -1.12. The maximum Gasteiger partial charge on any atom is 0.326 e. The molecule has 96 valence electrons. The van der Waals surface area contributed by atoms with Gasteiger partial charge in [0.15, 0.2) is 0 Å². The molecule has 1 unspecified atom stereocenters. The summed E-state index contributed by atoms with van der Waals surface area (Å²) in [5.74, 6) is -2.72. The second-order valence-electron chi connectivity index (χ2n) is 5.08. The molecule has 0 saturated heterocycles. The molecule has 1 aliphatic carbocycles. The van der Waals surface area contributed by atoms with Crippen molar-refractivity contribution >= 4 is 17.8 Å². The van der Waals surface area contributed by atoms with E-state index in [1.165, 1.54) is 0 Å². The number of carboxylic acids is 2. The summed E-state index contributed by atoms with van der Waals surface area (Å²) in [6.45, 7) is 3.87. The zero-order chi connectivity index (χ0) is 13.2. The second-order valence-corrected chi connectivity index (χ2v) is 5.08. The van der Waals surface area contributed by atoms with Gasteiger partial charge in [-0.3, -0.25) is 9.59 Å². The first-order valence-electron chi connectivity index (χ1n) is 5.49. The van der Waals surface area contributed by atoms with Crippen molar-refractivity contribution in [2.75, 3.05) is 0 Å². The van der Waals surface area contributed by atoms with Gasteiger partial charge in [0.2, 0.25) is 5.91 Å². The molecule has 0 aromatic rings. The highest BCUT2D eigenvalue weighted by Gasteiger charge is 2.51. The van der Waals surface area contributed by atoms with Gasteiger partial charge in [0.1, 0.15) is 6.04 Å². The van der Waals surface area contributed by atoms with E-state index in [1.807, 2.05) is 13.8 Å². The Morgan fingerprint density at radius 1 is 1.35 bits per heavy atom. The van der Waals surface area contributed by atoms with Crippen molar-refractivity contribution in [1.29, 1.82) is 0 Å². The summed E-state index contributed by atoms with van der Waals surface area (Å²) in [6.07, 6.45) is 0.374. The molecule has 0 radical (unpaired) electrons. The molecule has 17 heavy (non-hydrogen) atoms. The molecule has 1 amide bonds. The maximum atomic E-state index is 11.7. The van der Waals surface area contributed by atoms with E-state index in [2.05, 4.69) is 5.32 Å². The second kappa shape index (κ2) is 4.73. The van der Waals surface area contributed by atoms with Crippen LogP contribution in [0.25, 0.3) is 0 Å². The third kappa shape index (κ3) is 3.72. The van der Waals surface area contributed by atoms with E-state index in [9.17, 15) is 14.4 Å². The molecular weight excluding hydrogens is 226 g/mol. The molecule has 0 aromatic carbocycles. The van der Waals surface area contributed by atoms with Gasteiger partial charge in [-0.1, -0.05) is 13.8 Å². The zero-order valence-electron chi connectivity index (χ0n) is 9.90. The number of rotatable bonds is 6. The fourth-order valence-electron chi connectivity index (χ4n) is 1.71. The van der Waals surface area contributed by atoms with Crippen molar-refractivity contribution in [3.63, 3.8) is 0 Å². The van der Waals surface area contributed by atoms with E-state index < -0.39 is 18.0 Å². The third-order valence-electron chi connectivity index (χ3n) is 3.09. The van der Waals surface area contributed by atoms with E-state index >= 15 is 0 Å². The van der Waals surface area contributed by atoms with E-state index in [4.69, 9.17) is 10.2 Å². The average Bonchev–Trinajstić information content (AvgIpc) is 2.81. The Balaban J connectivity index is 2.47. The normalized spacial score (nSPS) is 22.6. The molecule has 6 nitrogen and oxygen atoms in total. The zero-order valence-corrected chi connectivity index (χ0v) is 9.90. The Morgan fingerprint density at radius 3 is 2.24 bits per heavy atom. The van der Waals surface area contributed by atoms with Crippen molar-refractivity contribution < 1.29 is 24.6 Å². The fourth-order valence-corrected chi connectivity index (χ4v) is 1.71. The summed E-state index contributed by atoms with van der Waals surface area (Å²) in [5, 5.41) is 19.7. The summed E-state index contributed by atoms with van der Waals surface area (Å²) < 4.78 is 0. The molecule has 1 aliphatic rings. The predicted octanol–water partition coefficient (Wildman–Crippen LogP) is 0.467. The van der Waals surface area contributed by atoms with Gasteiger partial charge in [0.05, 0.1) is 0 Å². The molecule has 1 rings (SSSR count). The minimum absolute atomic E-state index is 0.0695.